The van der Waals surface area contributed by atoms with Gasteiger partial charge in [-0.15, -0.1) is 0 Å². The van der Waals surface area contributed by atoms with E-state index in [1.165, 1.54) is 11.5 Å². The van der Waals surface area contributed by atoms with Gasteiger partial charge in [-0.3, -0.25) is 4.79 Å². The van der Waals surface area contributed by atoms with E-state index >= 15 is 0 Å². The summed E-state index contributed by atoms with van der Waals surface area (Å²) in [6.45, 7) is 4.97. The maximum atomic E-state index is 12.4. The summed E-state index contributed by atoms with van der Waals surface area (Å²) in [7, 11) is 0. The molecule has 2 rings (SSSR count). The molecule has 1 aromatic heterocycles. The molecule has 1 aliphatic rings. The number of amides is 1. The van der Waals surface area contributed by atoms with Crippen LogP contribution in [0.3, 0.4) is 0 Å². The zero-order valence-electron chi connectivity index (χ0n) is 12.5. The Labute approximate surface area is 131 Å². The third kappa shape index (κ3) is 4.31. The smallest absolute Gasteiger partial charge is 0.360 e. The van der Waals surface area contributed by atoms with E-state index < -0.39 is 12.1 Å². The van der Waals surface area contributed by atoms with E-state index in [2.05, 4.69) is 14.7 Å². The van der Waals surface area contributed by atoms with Gasteiger partial charge in [0.15, 0.2) is 0 Å². The minimum Gasteiger partial charge on any atom is -0.360 e. The van der Waals surface area contributed by atoms with Crippen LogP contribution in [-0.4, -0.2) is 46.0 Å². The first-order valence-electron chi connectivity index (χ1n) is 7.21. The number of piperidine rings is 1. The molecule has 1 fully saturated rings. The molecule has 9 heteroatoms. The van der Waals surface area contributed by atoms with Gasteiger partial charge in [-0.05, 0) is 18.8 Å². The fraction of sp³-hybridized carbons (Fsp3) is 0.769. The largest absolute Gasteiger partial charge is 0.471 e. The third-order valence-corrected chi connectivity index (χ3v) is 4.33. The minimum atomic E-state index is -4.77. The van der Waals surface area contributed by atoms with Crippen LogP contribution in [0, 0.1) is 5.92 Å². The molecule has 2 heterocycles. The van der Waals surface area contributed by atoms with Crippen molar-refractivity contribution in [1.29, 1.82) is 0 Å². The van der Waals surface area contributed by atoms with Gasteiger partial charge in [-0.1, -0.05) is 13.8 Å². The zero-order chi connectivity index (χ0) is 16.3. The SMILES string of the molecule is CC(C)c1nsc(NCC2CCN(C(=O)C(F)(F)F)CC2)n1. The van der Waals surface area contributed by atoms with Gasteiger partial charge in [-0.2, -0.15) is 17.5 Å². The third-order valence-electron chi connectivity index (χ3n) is 3.64. The van der Waals surface area contributed by atoms with Crippen LogP contribution in [0.25, 0.3) is 0 Å². The molecule has 1 N–H and O–H groups in total. The number of nitrogens with zero attached hydrogens (tertiary/aromatic N) is 3. The second-order valence-corrected chi connectivity index (χ2v) is 6.48. The van der Waals surface area contributed by atoms with Crippen LogP contribution < -0.4 is 5.32 Å². The second kappa shape index (κ2) is 6.80. The van der Waals surface area contributed by atoms with E-state index in [0.29, 0.717) is 19.4 Å². The van der Waals surface area contributed by atoms with Gasteiger partial charge >= 0.3 is 12.1 Å². The van der Waals surface area contributed by atoms with Crippen LogP contribution in [0.2, 0.25) is 0 Å². The number of aromatic nitrogens is 2. The van der Waals surface area contributed by atoms with Crippen molar-refractivity contribution in [2.75, 3.05) is 25.0 Å². The second-order valence-electron chi connectivity index (χ2n) is 5.73. The molecular formula is C13H19F3N4OS. The van der Waals surface area contributed by atoms with Gasteiger partial charge in [0.25, 0.3) is 0 Å². The van der Waals surface area contributed by atoms with Crippen molar-refractivity contribution in [2.45, 2.75) is 38.8 Å². The summed E-state index contributed by atoms with van der Waals surface area (Å²) in [5.41, 5.74) is 0. The molecule has 22 heavy (non-hydrogen) atoms. The predicted octanol–water partition coefficient (Wildman–Crippen LogP) is 2.87. The quantitative estimate of drug-likeness (QED) is 0.918. The van der Waals surface area contributed by atoms with Crippen molar-refractivity contribution in [2.24, 2.45) is 5.92 Å². The highest BCUT2D eigenvalue weighted by Gasteiger charge is 2.43. The number of nitrogens with one attached hydrogen (secondary N) is 1. The molecule has 0 aromatic carbocycles. The standard InChI is InChI=1S/C13H19F3N4OS/c1-8(2)10-18-12(22-19-10)17-7-9-3-5-20(6-4-9)11(21)13(14,15)16/h8-9H,3-7H2,1-2H3,(H,17,18,19). The summed E-state index contributed by atoms with van der Waals surface area (Å²) < 4.78 is 41.3. The molecule has 1 amide bonds. The van der Waals surface area contributed by atoms with Crippen molar-refractivity contribution < 1.29 is 18.0 Å². The predicted molar refractivity (Wildman–Crippen MR) is 77.8 cm³/mol. The van der Waals surface area contributed by atoms with Crippen molar-refractivity contribution in [3.8, 4) is 0 Å². The Morgan fingerprint density at radius 3 is 2.55 bits per heavy atom. The molecular weight excluding hydrogens is 317 g/mol. The number of rotatable bonds is 4. The highest BCUT2D eigenvalue weighted by molar-refractivity contribution is 7.09. The molecule has 5 nitrogen and oxygen atoms in total. The topological polar surface area (TPSA) is 58.1 Å². The van der Waals surface area contributed by atoms with Crippen molar-refractivity contribution in [3.05, 3.63) is 5.82 Å². The Morgan fingerprint density at radius 2 is 2.05 bits per heavy atom. The number of carbonyl (C=O) groups excluding carboxylic acids is 1. The van der Waals surface area contributed by atoms with Crippen LogP contribution in [0.1, 0.15) is 38.4 Å². The Balaban J connectivity index is 1.76. The normalized spacial score (nSPS) is 17.1. The molecule has 0 atom stereocenters. The lowest BCUT2D eigenvalue weighted by Crippen LogP contribution is -2.46. The fourth-order valence-corrected chi connectivity index (χ4v) is 3.01. The number of hydrogen-bond acceptors (Lipinski definition) is 5. The lowest BCUT2D eigenvalue weighted by molar-refractivity contribution is -0.186. The van der Waals surface area contributed by atoms with E-state index in [1.54, 1.807) is 0 Å². The van der Waals surface area contributed by atoms with E-state index in [0.717, 1.165) is 15.9 Å². The van der Waals surface area contributed by atoms with Crippen LogP contribution in [-0.2, 0) is 4.79 Å². The summed E-state index contributed by atoms with van der Waals surface area (Å²) in [6.07, 6.45) is -3.65. The first-order valence-corrected chi connectivity index (χ1v) is 7.98. The lowest BCUT2D eigenvalue weighted by Gasteiger charge is -2.32. The van der Waals surface area contributed by atoms with Crippen LogP contribution >= 0.6 is 11.5 Å². The average molecular weight is 336 g/mol. The van der Waals surface area contributed by atoms with E-state index in [9.17, 15) is 18.0 Å². The number of anilines is 1. The molecule has 0 unspecified atom stereocenters. The summed E-state index contributed by atoms with van der Waals surface area (Å²) in [4.78, 5) is 16.4. The van der Waals surface area contributed by atoms with Crippen LogP contribution in [0.4, 0.5) is 18.3 Å². The van der Waals surface area contributed by atoms with Gasteiger partial charge < -0.3 is 10.2 Å². The molecule has 0 spiro atoms. The molecule has 0 bridgehead atoms. The zero-order valence-corrected chi connectivity index (χ0v) is 13.3. The molecule has 1 aromatic rings. The number of halogens is 3. The van der Waals surface area contributed by atoms with Gasteiger partial charge in [0.05, 0.1) is 0 Å². The summed E-state index contributed by atoms with van der Waals surface area (Å²) >= 11 is 1.29. The van der Waals surface area contributed by atoms with E-state index in [1.807, 2.05) is 13.8 Å². The molecule has 124 valence electrons. The maximum Gasteiger partial charge on any atom is 0.471 e. The number of hydrogen-bond donors (Lipinski definition) is 1. The molecule has 1 saturated heterocycles. The lowest BCUT2D eigenvalue weighted by atomic mass is 9.97. The molecule has 0 aliphatic carbocycles. The summed E-state index contributed by atoms with van der Waals surface area (Å²) in [5.74, 6) is -0.435. The van der Waals surface area contributed by atoms with Crippen molar-refractivity contribution in [1.82, 2.24) is 14.3 Å². The Bertz CT molecular complexity index is 510. The Hall–Kier alpha value is -1.38. The summed E-state index contributed by atoms with van der Waals surface area (Å²) in [5, 5.41) is 3.92. The number of carbonyl (C=O) groups is 1. The molecule has 0 saturated carbocycles. The van der Waals surface area contributed by atoms with Gasteiger partial charge in [0, 0.05) is 37.1 Å². The molecule has 0 radical (unpaired) electrons. The van der Waals surface area contributed by atoms with Crippen molar-refractivity contribution in [3.63, 3.8) is 0 Å². The maximum absolute atomic E-state index is 12.4. The van der Waals surface area contributed by atoms with E-state index in [4.69, 9.17) is 0 Å². The first kappa shape index (κ1) is 17.0. The van der Waals surface area contributed by atoms with Crippen LogP contribution in [0.15, 0.2) is 0 Å². The monoisotopic (exact) mass is 336 g/mol. The number of alkyl halides is 3. The minimum absolute atomic E-state index is 0.151. The van der Waals surface area contributed by atoms with Gasteiger partial charge in [0.1, 0.15) is 5.82 Å². The average Bonchev–Trinajstić information content (AvgIpc) is 2.93. The first-order chi connectivity index (χ1) is 10.3. The van der Waals surface area contributed by atoms with E-state index in [-0.39, 0.29) is 24.9 Å². The van der Waals surface area contributed by atoms with Crippen molar-refractivity contribution >= 4 is 22.6 Å². The number of likely N-dealkylation sites (tertiary alicyclic amines) is 1. The summed E-state index contributed by atoms with van der Waals surface area (Å²) in [6, 6.07) is 0. The highest BCUT2D eigenvalue weighted by atomic mass is 32.1. The Kier molecular flexibility index (Phi) is 5.25. The van der Waals surface area contributed by atoms with Gasteiger partial charge in [-0.25, -0.2) is 4.98 Å². The highest BCUT2D eigenvalue weighted by Crippen LogP contribution is 2.24. The fourth-order valence-electron chi connectivity index (χ4n) is 2.29. The van der Waals surface area contributed by atoms with Gasteiger partial charge in [0.2, 0.25) is 5.13 Å². The van der Waals surface area contributed by atoms with Crippen LogP contribution in [0.5, 0.6) is 0 Å². The molecule has 1 aliphatic heterocycles. The Morgan fingerprint density at radius 1 is 1.41 bits per heavy atom.